The summed E-state index contributed by atoms with van der Waals surface area (Å²) >= 11 is 0. The smallest absolute Gasteiger partial charge is 0.166 e. The number of para-hydroxylation sites is 4. The molecule has 8 aromatic carbocycles. The van der Waals surface area contributed by atoms with Crippen LogP contribution in [0.1, 0.15) is 11.0 Å². The third kappa shape index (κ3) is 5.21. The van der Waals surface area contributed by atoms with Gasteiger partial charge in [-0.15, -0.1) is 0 Å². The molecule has 5 heteroatoms. The van der Waals surface area contributed by atoms with Crippen molar-refractivity contribution >= 4 is 43.7 Å². The molecule has 3 aromatic heterocycles. The van der Waals surface area contributed by atoms with Gasteiger partial charge >= 0.3 is 0 Å². The van der Waals surface area contributed by atoms with Gasteiger partial charge in [0.05, 0.1) is 27.7 Å². The first-order chi connectivity index (χ1) is 31.1. The third-order valence-electron chi connectivity index (χ3n) is 10.1. The molecule has 0 atom stereocenters. The highest BCUT2D eigenvalue weighted by Gasteiger charge is 2.22. The maximum Gasteiger partial charge on any atom is 0.166 e. The van der Waals surface area contributed by atoms with Gasteiger partial charge in [-0.1, -0.05) is 170 Å². The molecule has 0 saturated carbocycles. The van der Waals surface area contributed by atoms with Gasteiger partial charge in [0, 0.05) is 49.4 Å². The summed E-state index contributed by atoms with van der Waals surface area (Å²) in [6, 6.07) is 42.7. The van der Waals surface area contributed by atoms with Gasteiger partial charge in [0.15, 0.2) is 17.5 Å². The normalized spacial score (nSPS) is 13.6. The van der Waals surface area contributed by atoms with Crippen LogP contribution in [-0.2, 0) is 0 Å². The molecule has 0 unspecified atom stereocenters. The van der Waals surface area contributed by atoms with Crippen LogP contribution in [0.3, 0.4) is 0 Å². The summed E-state index contributed by atoms with van der Waals surface area (Å²) in [6.45, 7) is 0. The van der Waals surface area contributed by atoms with E-state index in [1.807, 2.05) is 146 Å². The van der Waals surface area contributed by atoms with E-state index >= 15 is 0 Å². The van der Waals surface area contributed by atoms with Crippen LogP contribution in [0.25, 0.3) is 106 Å². The Bertz CT molecular complexity index is 3570. The Kier molecular flexibility index (Phi) is 5.74. The first kappa shape index (κ1) is 24.6. The standard InChI is InChI=1S/C51H32N4O/c1-4-16-33(17-5-1)37-24-14-26-41-42-27-15-25-38(48(42)56-47(37)41)36-30-31-43(46(32-36)55-44-28-12-10-22-39(44)40-23-11-13-29-45(40)55)51-53-49(34-18-6-2-7-19-34)52-50(54-51)35-20-8-3-9-21-35/h1-32H/i10D,11D,12D,13D,22D,23D,28D,29D. The minimum atomic E-state index is -0.526. The molecule has 0 aliphatic carbocycles. The average molecular weight is 725 g/mol. The van der Waals surface area contributed by atoms with E-state index in [1.54, 1.807) is 0 Å². The molecule has 11 rings (SSSR count). The Balaban J connectivity index is 1.28. The van der Waals surface area contributed by atoms with E-state index in [0.29, 0.717) is 34.0 Å². The van der Waals surface area contributed by atoms with E-state index in [2.05, 4.69) is 0 Å². The molecule has 11 aromatic rings. The zero-order chi connectivity index (χ0) is 44.0. The van der Waals surface area contributed by atoms with Crippen LogP contribution in [-0.4, -0.2) is 19.5 Å². The number of fused-ring (bicyclic) bond motifs is 6. The molecule has 0 bridgehead atoms. The number of hydrogen-bond donors (Lipinski definition) is 0. The molecule has 3 heterocycles. The third-order valence-corrected chi connectivity index (χ3v) is 10.1. The highest BCUT2D eigenvalue weighted by molar-refractivity contribution is 6.13. The largest absolute Gasteiger partial charge is 0.455 e. The van der Waals surface area contributed by atoms with Crippen LogP contribution in [0.2, 0.25) is 0 Å². The summed E-state index contributed by atoms with van der Waals surface area (Å²) in [4.78, 5) is 15.0. The van der Waals surface area contributed by atoms with Crippen LogP contribution in [0.4, 0.5) is 0 Å². The first-order valence-corrected chi connectivity index (χ1v) is 18.1. The van der Waals surface area contributed by atoms with Crippen LogP contribution in [0.15, 0.2) is 198 Å². The topological polar surface area (TPSA) is 56.7 Å². The minimum Gasteiger partial charge on any atom is -0.455 e. The monoisotopic (exact) mass is 724 g/mol. The Labute approximate surface area is 334 Å². The number of benzene rings is 8. The van der Waals surface area contributed by atoms with E-state index in [9.17, 15) is 2.74 Å². The van der Waals surface area contributed by atoms with E-state index in [-0.39, 0.29) is 27.6 Å². The molecule has 262 valence electrons. The van der Waals surface area contributed by atoms with Gasteiger partial charge in [0.2, 0.25) is 0 Å². The second-order valence-electron chi connectivity index (χ2n) is 13.4. The molecular weight excluding hydrogens is 685 g/mol. The van der Waals surface area contributed by atoms with Crippen LogP contribution < -0.4 is 0 Å². The van der Waals surface area contributed by atoms with Crippen molar-refractivity contribution in [1.29, 1.82) is 0 Å². The molecule has 0 aliphatic heterocycles. The fraction of sp³-hybridized carbons (Fsp3) is 0. The van der Waals surface area contributed by atoms with Crippen molar-refractivity contribution in [3.05, 3.63) is 194 Å². The molecule has 0 amide bonds. The molecule has 0 saturated heterocycles. The first-order valence-electron chi connectivity index (χ1n) is 22.1. The summed E-state index contributed by atoms with van der Waals surface area (Å²) < 4.78 is 80.3. The fourth-order valence-electron chi connectivity index (χ4n) is 7.56. The van der Waals surface area contributed by atoms with Gasteiger partial charge in [-0.3, -0.25) is 0 Å². The van der Waals surface area contributed by atoms with Crippen molar-refractivity contribution in [2.24, 2.45) is 0 Å². The lowest BCUT2D eigenvalue weighted by atomic mass is 9.98. The molecule has 0 N–H and O–H groups in total. The Morgan fingerprint density at radius 3 is 1.43 bits per heavy atom. The number of rotatable bonds is 6. The number of furan rings is 1. The van der Waals surface area contributed by atoms with Gasteiger partial charge in [0.25, 0.3) is 0 Å². The van der Waals surface area contributed by atoms with Crippen molar-refractivity contribution in [3.63, 3.8) is 0 Å². The van der Waals surface area contributed by atoms with Crippen molar-refractivity contribution in [1.82, 2.24) is 19.5 Å². The highest BCUT2D eigenvalue weighted by Crippen LogP contribution is 2.42. The summed E-state index contributed by atoms with van der Waals surface area (Å²) in [6.07, 6.45) is 0. The summed E-state index contributed by atoms with van der Waals surface area (Å²) in [5.74, 6) is 0.985. The van der Waals surface area contributed by atoms with Crippen molar-refractivity contribution in [2.45, 2.75) is 0 Å². The maximum atomic E-state index is 9.36. The summed E-state index contributed by atoms with van der Waals surface area (Å²) in [7, 11) is 0. The Hall–Kier alpha value is -7.63. The molecule has 5 nitrogen and oxygen atoms in total. The van der Waals surface area contributed by atoms with E-state index < -0.39 is 48.3 Å². The molecular formula is C51H32N4O. The van der Waals surface area contributed by atoms with Gasteiger partial charge in [0.1, 0.15) is 11.2 Å². The van der Waals surface area contributed by atoms with Gasteiger partial charge in [-0.05, 0) is 35.3 Å². The van der Waals surface area contributed by atoms with Gasteiger partial charge in [-0.25, -0.2) is 15.0 Å². The Morgan fingerprint density at radius 1 is 0.393 bits per heavy atom. The Morgan fingerprint density at radius 2 is 0.875 bits per heavy atom. The van der Waals surface area contributed by atoms with Crippen LogP contribution in [0, 0.1) is 0 Å². The molecule has 0 fully saturated rings. The van der Waals surface area contributed by atoms with Crippen molar-refractivity contribution in [2.75, 3.05) is 0 Å². The zero-order valence-electron chi connectivity index (χ0n) is 37.6. The van der Waals surface area contributed by atoms with E-state index in [0.717, 1.165) is 44.2 Å². The predicted octanol–water partition coefficient (Wildman–Crippen LogP) is 13.2. The fourth-order valence-corrected chi connectivity index (χ4v) is 7.56. The summed E-state index contributed by atoms with van der Waals surface area (Å²) in [5.41, 5.74) is 6.75. The number of aromatic nitrogens is 4. The molecule has 0 radical (unpaired) electrons. The lowest BCUT2D eigenvalue weighted by Crippen LogP contribution is -2.04. The van der Waals surface area contributed by atoms with Gasteiger partial charge < -0.3 is 8.98 Å². The van der Waals surface area contributed by atoms with E-state index in [1.165, 1.54) is 4.57 Å². The van der Waals surface area contributed by atoms with Gasteiger partial charge in [-0.2, -0.15) is 0 Å². The van der Waals surface area contributed by atoms with Crippen LogP contribution >= 0.6 is 0 Å². The second-order valence-corrected chi connectivity index (χ2v) is 13.4. The lowest BCUT2D eigenvalue weighted by Gasteiger charge is -2.16. The maximum absolute atomic E-state index is 9.36. The van der Waals surface area contributed by atoms with E-state index in [4.69, 9.17) is 27.6 Å². The van der Waals surface area contributed by atoms with Crippen LogP contribution in [0.5, 0.6) is 0 Å². The molecule has 0 spiro atoms. The zero-order valence-corrected chi connectivity index (χ0v) is 29.6. The predicted molar refractivity (Wildman–Crippen MR) is 229 cm³/mol. The number of hydrogen-bond acceptors (Lipinski definition) is 4. The highest BCUT2D eigenvalue weighted by atomic mass is 16.3. The SMILES string of the molecule is [2H]c1c([2H])c([2H])c2c(c1[2H])c1c([2H])c([2H])c([2H])c([2H])c1n2-c1cc(-c2cccc3c2oc2c(-c4ccccc4)cccc23)ccc1-c1nc(-c2ccccc2)nc(-c2ccccc2)n1. The van der Waals surface area contributed by atoms with Crippen molar-refractivity contribution in [3.8, 4) is 62.1 Å². The lowest BCUT2D eigenvalue weighted by molar-refractivity contribution is 0.671. The second kappa shape index (κ2) is 13.0. The molecule has 56 heavy (non-hydrogen) atoms. The number of nitrogens with zero attached hydrogens (tertiary/aromatic N) is 4. The minimum absolute atomic E-state index is 0.0264. The van der Waals surface area contributed by atoms with Crippen molar-refractivity contribution < 1.29 is 15.4 Å². The quantitative estimate of drug-likeness (QED) is 0.171. The average Bonchev–Trinajstić information content (AvgIpc) is 3.92. The molecule has 0 aliphatic rings. The summed E-state index contributed by atoms with van der Waals surface area (Å²) in [5, 5.41) is 1.73.